The first kappa shape index (κ1) is 21.5. The van der Waals surface area contributed by atoms with Crippen LogP contribution in [0.3, 0.4) is 0 Å². The Labute approximate surface area is 164 Å². The highest BCUT2D eigenvalue weighted by Crippen LogP contribution is 2.21. The Morgan fingerprint density at radius 3 is 2.46 bits per heavy atom. The summed E-state index contributed by atoms with van der Waals surface area (Å²) in [4.78, 5) is 38.7. The van der Waals surface area contributed by atoms with Gasteiger partial charge in [-0.2, -0.15) is 0 Å². The minimum absolute atomic E-state index is 0.112. The van der Waals surface area contributed by atoms with E-state index in [1.54, 1.807) is 32.9 Å². The maximum atomic E-state index is 12.8. The van der Waals surface area contributed by atoms with Crippen LogP contribution < -0.4 is 5.32 Å². The van der Waals surface area contributed by atoms with Crippen LogP contribution >= 0.6 is 0 Å². The monoisotopic (exact) mass is 392 g/mol. The molecule has 0 saturated carbocycles. The van der Waals surface area contributed by atoms with Gasteiger partial charge in [0.2, 0.25) is 5.91 Å². The number of amides is 2. The van der Waals surface area contributed by atoms with Crippen molar-refractivity contribution in [3.8, 4) is 5.75 Å². The van der Waals surface area contributed by atoms with Gasteiger partial charge in [-0.1, -0.05) is 12.1 Å². The van der Waals surface area contributed by atoms with Crippen molar-refractivity contribution < 1.29 is 29.0 Å². The van der Waals surface area contributed by atoms with Gasteiger partial charge in [-0.15, -0.1) is 0 Å². The smallest absolute Gasteiger partial charge is 0.410 e. The van der Waals surface area contributed by atoms with Gasteiger partial charge in [-0.05, 0) is 51.3 Å². The van der Waals surface area contributed by atoms with E-state index in [2.05, 4.69) is 5.32 Å². The lowest BCUT2D eigenvalue weighted by Gasteiger charge is -2.28. The number of nitrogens with one attached hydrogen (secondary N) is 1. The van der Waals surface area contributed by atoms with Gasteiger partial charge in [0.15, 0.2) is 0 Å². The summed E-state index contributed by atoms with van der Waals surface area (Å²) in [6.45, 7) is 5.72. The highest BCUT2D eigenvalue weighted by Gasteiger charge is 2.38. The number of benzene rings is 1. The first-order chi connectivity index (χ1) is 13.1. The maximum Gasteiger partial charge on any atom is 0.410 e. The van der Waals surface area contributed by atoms with Gasteiger partial charge in [-0.3, -0.25) is 9.69 Å². The van der Waals surface area contributed by atoms with Gasteiger partial charge >= 0.3 is 12.1 Å². The first-order valence-electron chi connectivity index (χ1n) is 9.26. The van der Waals surface area contributed by atoms with E-state index in [1.165, 1.54) is 24.1 Å². The molecule has 154 valence electrons. The van der Waals surface area contributed by atoms with Crippen LogP contribution in [0.15, 0.2) is 24.3 Å². The fourth-order valence-electron chi connectivity index (χ4n) is 3.05. The highest BCUT2D eigenvalue weighted by atomic mass is 16.6. The highest BCUT2D eigenvalue weighted by molar-refractivity contribution is 5.90. The molecule has 0 unspecified atom stereocenters. The molecular formula is C20H28N2O6. The molecule has 2 rings (SSSR count). The number of phenolic OH excluding ortho intramolecular Hbond substituents is 1. The Hall–Kier alpha value is -2.77. The summed E-state index contributed by atoms with van der Waals surface area (Å²) < 4.78 is 10.2. The van der Waals surface area contributed by atoms with Crippen LogP contribution in [0.4, 0.5) is 4.79 Å². The molecule has 1 aliphatic heterocycles. The van der Waals surface area contributed by atoms with Crippen molar-refractivity contribution in [1.29, 1.82) is 0 Å². The maximum absolute atomic E-state index is 12.8. The first-order valence-corrected chi connectivity index (χ1v) is 9.26. The number of methoxy groups -OCH3 is 1. The van der Waals surface area contributed by atoms with Crippen LogP contribution in [0.5, 0.6) is 5.75 Å². The van der Waals surface area contributed by atoms with Crippen molar-refractivity contribution in [3.05, 3.63) is 29.8 Å². The summed E-state index contributed by atoms with van der Waals surface area (Å²) in [7, 11) is 1.25. The van der Waals surface area contributed by atoms with Gasteiger partial charge < -0.3 is 19.9 Å². The number of likely N-dealkylation sites (tertiary alicyclic amines) is 1. The fraction of sp³-hybridized carbons (Fsp3) is 0.550. The third-order valence-corrected chi connectivity index (χ3v) is 4.36. The quantitative estimate of drug-likeness (QED) is 0.743. The lowest BCUT2D eigenvalue weighted by molar-refractivity contribution is -0.145. The molecular weight excluding hydrogens is 364 g/mol. The predicted octanol–water partition coefficient (Wildman–Crippen LogP) is 1.99. The number of esters is 1. The van der Waals surface area contributed by atoms with E-state index in [0.717, 1.165) is 5.56 Å². The van der Waals surface area contributed by atoms with Crippen LogP contribution in [0.25, 0.3) is 0 Å². The molecule has 2 amide bonds. The summed E-state index contributed by atoms with van der Waals surface area (Å²) in [5.41, 5.74) is 0.0950. The lowest BCUT2D eigenvalue weighted by Crippen LogP contribution is -2.52. The van der Waals surface area contributed by atoms with Crippen LogP contribution in [0.1, 0.15) is 39.2 Å². The lowest BCUT2D eigenvalue weighted by atomic mass is 10.0. The number of aromatic hydroxyl groups is 1. The van der Waals surface area contributed by atoms with E-state index in [1.807, 2.05) is 0 Å². The van der Waals surface area contributed by atoms with Crippen molar-refractivity contribution in [3.63, 3.8) is 0 Å². The summed E-state index contributed by atoms with van der Waals surface area (Å²) in [6.07, 6.45) is 0.840. The number of ether oxygens (including phenoxy) is 2. The number of carbonyl (C=O) groups is 3. The molecule has 1 saturated heterocycles. The molecule has 1 aliphatic rings. The van der Waals surface area contributed by atoms with Crippen LogP contribution in [0.2, 0.25) is 0 Å². The Morgan fingerprint density at radius 2 is 1.89 bits per heavy atom. The number of rotatable bonds is 5. The van der Waals surface area contributed by atoms with Crippen LogP contribution in [-0.2, 0) is 25.5 Å². The number of carbonyl (C=O) groups excluding carboxylic acids is 3. The Balaban J connectivity index is 2.08. The Morgan fingerprint density at radius 1 is 1.25 bits per heavy atom. The van der Waals surface area contributed by atoms with E-state index >= 15 is 0 Å². The number of hydrogen-bond donors (Lipinski definition) is 2. The summed E-state index contributed by atoms with van der Waals surface area (Å²) in [5.74, 6) is -0.887. The molecule has 0 aromatic heterocycles. The summed E-state index contributed by atoms with van der Waals surface area (Å²) in [6, 6.07) is 4.75. The molecule has 0 aliphatic carbocycles. The minimum Gasteiger partial charge on any atom is -0.508 e. The molecule has 1 aromatic rings. The van der Waals surface area contributed by atoms with Crippen LogP contribution in [0, 0.1) is 0 Å². The molecule has 28 heavy (non-hydrogen) atoms. The number of phenols is 1. The summed E-state index contributed by atoms with van der Waals surface area (Å²) in [5, 5.41) is 12.1. The predicted molar refractivity (Wildman–Crippen MR) is 102 cm³/mol. The molecule has 2 N–H and O–H groups in total. The molecule has 1 aromatic carbocycles. The van der Waals surface area contributed by atoms with Gasteiger partial charge in [0, 0.05) is 13.0 Å². The normalized spacial score (nSPS) is 17.7. The Bertz CT molecular complexity index is 710. The average molecular weight is 392 g/mol. The average Bonchev–Trinajstić information content (AvgIpc) is 3.11. The molecule has 8 nitrogen and oxygen atoms in total. The SMILES string of the molecule is COC(=O)[C@H](Cc1ccc(O)cc1)NC(=O)[C@@H]1CCCN1C(=O)OC(C)(C)C. The van der Waals surface area contributed by atoms with Crippen LogP contribution in [-0.4, -0.2) is 59.3 Å². The van der Waals surface area contributed by atoms with Crippen molar-refractivity contribution in [2.75, 3.05) is 13.7 Å². The van der Waals surface area contributed by atoms with Gasteiger partial charge in [0.25, 0.3) is 0 Å². The van der Waals surface area contributed by atoms with E-state index in [9.17, 15) is 19.5 Å². The molecule has 2 atom stereocenters. The van der Waals surface area contributed by atoms with Gasteiger partial charge in [0.1, 0.15) is 23.4 Å². The van der Waals surface area contributed by atoms with Crippen molar-refractivity contribution in [1.82, 2.24) is 10.2 Å². The zero-order chi connectivity index (χ0) is 20.9. The second-order valence-electron chi connectivity index (χ2n) is 7.79. The molecule has 0 bridgehead atoms. The van der Waals surface area contributed by atoms with Crippen molar-refractivity contribution >= 4 is 18.0 Å². The molecule has 0 spiro atoms. The zero-order valence-electron chi connectivity index (χ0n) is 16.7. The van der Waals surface area contributed by atoms with E-state index in [-0.39, 0.29) is 12.2 Å². The standard InChI is InChI=1S/C20H28N2O6/c1-20(2,3)28-19(26)22-11-5-6-16(22)17(24)21-15(18(25)27-4)12-13-7-9-14(23)10-8-13/h7-10,15-16,23H,5-6,11-12H2,1-4H3,(H,21,24)/t15-,16-/m0/s1. The molecule has 1 fully saturated rings. The largest absolute Gasteiger partial charge is 0.508 e. The van der Waals surface area contributed by atoms with Crippen molar-refractivity contribution in [2.24, 2.45) is 0 Å². The third-order valence-electron chi connectivity index (χ3n) is 4.36. The van der Waals surface area contributed by atoms with Crippen molar-refractivity contribution in [2.45, 2.75) is 57.7 Å². The minimum atomic E-state index is -0.900. The van der Waals surface area contributed by atoms with E-state index < -0.39 is 35.7 Å². The zero-order valence-corrected chi connectivity index (χ0v) is 16.7. The van der Waals surface area contributed by atoms with Gasteiger partial charge in [0.05, 0.1) is 7.11 Å². The Kier molecular flexibility index (Phi) is 6.88. The molecule has 8 heteroatoms. The number of nitrogens with zero attached hydrogens (tertiary/aromatic N) is 1. The van der Waals surface area contributed by atoms with E-state index in [4.69, 9.17) is 9.47 Å². The summed E-state index contributed by atoms with van der Waals surface area (Å²) >= 11 is 0. The number of hydrogen-bond acceptors (Lipinski definition) is 6. The molecule has 0 radical (unpaired) electrons. The topological polar surface area (TPSA) is 105 Å². The second kappa shape index (κ2) is 8.95. The second-order valence-corrected chi connectivity index (χ2v) is 7.79. The van der Waals surface area contributed by atoms with E-state index in [0.29, 0.717) is 19.4 Å². The fourth-order valence-corrected chi connectivity index (χ4v) is 3.05. The molecule has 1 heterocycles. The van der Waals surface area contributed by atoms with Gasteiger partial charge in [-0.25, -0.2) is 9.59 Å². The third kappa shape index (κ3) is 5.87.